The lowest BCUT2D eigenvalue weighted by atomic mass is 9.75. The topological polar surface area (TPSA) is 96.9 Å². The Morgan fingerprint density at radius 3 is 2.81 bits per heavy atom. The van der Waals surface area contributed by atoms with Gasteiger partial charge in [0.1, 0.15) is 10.3 Å². The summed E-state index contributed by atoms with van der Waals surface area (Å²) in [4.78, 5) is 38.8. The van der Waals surface area contributed by atoms with Crippen LogP contribution in [0.25, 0.3) is 10.3 Å². The van der Waals surface area contributed by atoms with Gasteiger partial charge in [0.15, 0.2) is 5.13 Å². The molecule has 4 heterocycles. The molecule has 32 heavy (non-hydrogen) atoms. The Hall–Kier alpha value is -2.72. The van der Waals surface area contributed by atoms with Crippen molar-refractivity contribution in [3.05, 3.63) is 23.4 Å². The average molecular weight is 458 g/mol. The number of nitrogens with one attached hydrogen (secondary N) is 1. The van der Waals surface area contributed by atoms with Crippen molar-refractivity contribution < 1.29 is 19.1 Å². The number of carbonyl (C=O) groups is 2. The normalized spacial score (nSPS) is 25.0. The summed E-state index contributed by atoms with van der Waals surface area (Å²) < 4.78 is 10.8. The third kappa shape index (κ3) is 3.51. The number of allylic oxidation sites excluding steroid dienone is 1. The van der Waals surface area contributed by atoms with E-state index in [1.54, 1.807) is 27.2 Å². The fourth-order valence-corrected chi connectivity index (χ4v) is 6.07. The molecule has 1 fully saturated rings. The second-order valence-corrected chi connectivity index (χ2v) is 9.69. The SMILES string of the molecule is COc1ccc2nc(NC(=O)N3CC4(CCN(C(C)=O)C4)C4=C3CCC(OC)C4)sc2n1. The lowest BCUT2D eigenvalue weighted by Gasteiger charge is -2.31. The predicted octanol–water partition coefficient (Wildman–Crippen LogP) is 3.24. The first kappa shape index (κ1) is 21.1. The molecular weight excluding hydrogens is 430 g/mol. The van der Waals surface area contributed by atoms with Gasteiger partial charge in [-0.25, -0.2) is 14.8 Å². The highest BCUT2D eigenvalue weighted by Crippen LogP contribution is 2.51. The third-order valence-electron chi connectivity index (χ3n) is 6.94. The van der Waals surface area contributed by atoms with Crippen LogP contribution in [-0.4, -0.2) is 71.7 Å². The molecular formula is C22H27N5O4S. The molecule has 0 aromatic carbocycles. The molecule has 1 spiro atoms. The Labute approximate surface area is 190 Å². The van der Waals surface area contributed by atoms with Gasteiger partial charge >= 0.3 is 6.03 Å². The zero-order valence-electron chi connectivity index (χ0n) is 18.5. The molecule has 1 N–H and O–H groups in total. The molecule has 10 heteroatoms. The quantitative estimate of drug-likeness (QED) is 0.760. The van der Waals surface area contributed by atoms with Crippen LogP contribution in [0.5, 0.6) is 5.88 Å². The number of hydrogen-bond acceptors (Lipinski definition) is 7. The van der Waals surface area contributed by atoms with Crippen molar-refractivity contribution in [2.24, 2.45) is 5.41 Å². The Balaban J connectivity index is 1.41. The highest BCUT2D eigenvalue weighted by atomic mass is 32.1. The van der Waals surface area contributed by atoms with Crippen LogP contribution < -0.4 is 10.1 Å². The van der Waals surface area contributed by atoms with Gasteiger partial charge < -0.3 is 14.4 Å². The number of carbonyl (C=O) groups excluding carboxylic acids is 2. The number of pyridine rings is 1. The van der Waals surface area contributed by atoms with Crippen LogP contribution in [0.4, 0.5) is 9.93 Å². The van der Waals surface area contributed by atoms with Crippen molar-refractivity contribution in [1.29, 1.82) is 0 Å². The molecule has 2 aliphatic heterocycles. The number of likely N-dealkylation sites (tertiary alicyclic amines) is 1. The van der Waals surface area contributed by atoms with E-state index in [4.69, 9.17) is 9.47 Å². The summed E-state index contributed by atoms with van der Waals surface area (Å²) in [7, 11) is 3.32. The zero-order chi connectivity index (χ0) is 22.5. The first-order chi connectivity index (χ1) is 15.4. The van der Waals surface area contributed by atoms with E-state index in [0.717, 1.165) is 43.4 Å². The van der Waals surface area contributed by atoms with Gasteiger partial charge in [0.05, 0.1) is 13.2 Å². The Morgan fingerprint density at radius 2 is 2.09 bits per heavy atom. The number of aromatic nitrogens is 2. The summed E-state index contributed by atoms with van der Waals surface area (Å²) >= 11 is 1.33. The van der Waals surface area contributed by atoms with E-state index >= 15 is 0 Å². The van der Waals surface area contributed by atoms with Crippen LogP contribution in [-0.2, 0) is 9.53 Å². The molecule has 3 amide bonds. The number of amides is 3. The van der Waals surface area contributed by atoms with E-state index in [2.05, 4.69) is 15.3 Å². The molecule has 2 aromatic heterocycles. The highest BCUT2D eigenvalue weighted by Gasteiger charge is 2.52. The fraction of sp³-hybridized carbons (Fsp3) is 0.545. The first-order valence-corrected chi connectivity index (χ1v) is 11.6. The molecule has 1 saturated heterocycles. The van der Waals surface area contributed by atoms with Crippen LogP contribution >= 0.6 is 11.3 Å². The minimum atomic E-state index is -0.183. The second-order valence-electron chi connectivity index (χ2n) is 8.71. The molecule has 9 nitrogen and oxygen atoms in total. The largest absolute Gasteiger partial charge is 0.481 e. The molecule has 5 rings (SSSR count). The fourth-order valence-electron chi connectivity index (χ4n) is 5.25. The molecule has 0 bridgehead atoms. The predicted molar refractivity (Wildman–Crippen MR) is 121 cm³/mol. The Morgan fingerprint density at radius 1 is 1.25 bits per heavy atom. The highest BCUT2D eigenvalue weighted by molar-refractivity contribution is 7.21. The Bertz CT molecular complexity index is 1110. The maximum Gasteiger partial charge on any atom is 0.327 e. The van der Waals surface area contributed by atoms with E-state index in [0.29, 0.717) is 28.9 Å². The van der Waals surface area contributed by atoms with Gasteiger partial charge in [-0.15, -0.1) is 0 Å². The van der Waals surface area contributed by atoms with Crippen LogP contribution in [0.15, 0.2) is 23.4 Å². The summed E-state index contributed by atoms with van der Waals surface area (Å²) in [6, 6.07) is 3.40. The summed E-state index contributed by atoms with van der Waals surface area (Å²) in [5.41, 5.74) is 2.91. The van der Waals surface area contributed by atoms with Gasteiger partial charge in [0.25, 0.3) is 0 Å². The minimum Gasteiger partial charge on any atom is -0.481 e. The van der Waals surface area contributed by atoms with Gasteiger partial charge in [-0.2, -0.15) is 0 Å². The van der Waals surface area contributed by atoms with Crippen molar-refractivity contribution in [2.75, 3.05) is 39.2 Å². The van der Waals surface area contributed by atoms with Crippen molar-refractivity contribution >= 4 is 38.8 Å². The molecule has 0 radical (unpaired) electrons. The lowest BCUT2D eigenvalue weighted by Crippen LogP contribution is -2.38. The Kier molecular flexibility index (Phi) is 5.29. The van der Waals surface area contributed by atoms with Crippen molar-refractivity contribution in [1.82, 2.24) is 19.8 Å². The maximum absolute atomic E-state index is 13.4. The van der Waals surface area contributed by atoms with Gasteiger partial charge in [-0.05, 0) is 37.3 Å². The number of fused-ring (bicyclic) bond motifs is 2. The van der Waals surface area contributed by atoms with Gasteiger partial charge in [0, 0.05) is 50.8 Å². The number of urea groups is 1. The second kappa shape index (κ2) is 8.00. The molecule has 2 aromatic rings. The molecule has 3 aliphatic rings. The standard InChI is InChI=1S/C22H27N5O4S/c1-13(28)26-9-8-22(11-26)12-27(17-6-4-14(30-2)10-15(17)22)21(29)25-20-23-16-5-7-18(31-3)24-19(16)32-20/h5,7,14H,4,6,8-12H2,1-3H3,(H,23,25,29). The number of methoxy groups -OCH3 is 2. The number of anilines is 1. The number of nitrogens with zero attached hydrogens (tertiary/aromatic N) is 4. The molecule has 170 valence electrons. The number of rotatable bonds is 3. The van der Waals surface area contributed by atoms with Crippen molar-refractivity contribution in [3.63, 3.8) is 0 Å². The molecule has 2 atom stereocenters. The van der Waals surface area contributed by atoms with Gasteiger partial charge in [-0.1, -0.05) is 11.3 Å². The smallest absolute Gasteiger partial charge is 0.327 e. The molecule has 0 saturated carbocycles. The number of ether oxygens (including phenoxy) is 2. The molecule has 1 aliphatic carbocycles. The van der Waals surface area contributed by atoms with E-state index in [9.17, 15) is 9.59 Å². The van der Waals surface area contributed by atoms with Crippen LogP contribution in [0, 0.1) is 5.41 Å². The third-order valence-corrected chi connectivity index (χ3v) is 7.82. The zero-order valence-corrected chi connectivity index (χ0v) is 19.3. The summed E-state index contributed by atoms with van der Waals surface area (Å²) in [6.45, 7) is 3.58. The van der Waals surface area contributed by atoms with Crippen LogP contribution in [0.3, 0.4) is 0 Å². The van der Waals surface area contributed by atoms with E-state index in [1.807, 2.05) is 15.9 Å². The van der Waals surface area contributed by atoms with Crippen molar-refractivity contribution in [3.8, 4) is 5.88 Å². The monoisotopic (exact) mass is 457 g/mol. The average Bonchev–Trinajstić information content (AvgIpc) is 3.49. The van der Waals surface area contributed by atoms with Crippen LogP contribution in [0.2, 0.25) is 0 Å². The van der Waals surface area contributed by atoms with E-state index in [-0.39, 0.29) is 23.5 Å². The summed E-state index contributed by atoms with van der Waals surface area (Å²) in [6.07, 6.45) is 3.52. The molecule has 2 unspecified atom stereocenters. The lowest BCUT2D eigenvalue weighted by molar-refractivity contribution is -0.128. The van der Waals surface area contributed by atoms with Gasteiger partial charge in [0.2, 0.25) is 11.8 Å². The summed E-state index contributed by atoms with van der Waals surface area (Å²) in [5.74, 6) is 0.602. The van der Waals surface area contributed by atoms with E-state index in [1.165, 1.54) is 16.9 Å². The number of hydrogen-bond donors (Lipinski definition) is 1. The first-order valence-electron chi connectivity index (χ1n) is 10.8. The summed E-state index contributed by atoms with van der Waals surface area (Å²) in [5, 5.41) is 3.49. The van der Waals surface area contributed by atoms with E-state index < -0.39 is 0 Å². The van der Waals surface area contributed by atoms with Gasteiger partial charge in [-0.3, -0.25) is 15.0 Å². The van der Waals surface area contributed by atoms with Crippen molar-refractivity contribution in [2.45, 2.75) is 38.7 Å². The number of thiazole rings is 1. The van der Waals surface area contributed by atoms with Crippen LogP contribution in [0.1, 0.15) is 32.6 Å². The maximum atomic E-state index is 13.4. The minimum absolute atomic E-state index is 0.0865.